The summed E-state index contributed by atoms with van der Waals surface area (Å²) in [6.45, 7) is 2.50. The van der Waals surface area contributed by atoms with Crippen molar-refractivity contribution >= 4 is 16.9 Å². The Morgan fingerprint density at radius 2 is 2.00 bits per heavy atom. The summed E-state index contributed by atoms with van der Waals surface area (Å²) >= 11 is 0. The van der Waals surface area contributed by atoms with Crippen LogP contribution in [0.4, 0.5) is 0 Å². The topological polar surface area (TPSA) is 91.1 Å². The highest BCUT2D eigenvalue weighted by Crippen LogP contribution is 2.18. The summed E-state index contributed by atoms with van der Waals surface area (Å²) in [6, 6.07) is 6.91. The molecule has 1 aromatic carbocycles. The number of nitrogens with two attached hydrogens (primary N) is 1. The molecule has 1 fully saturated rings. The van der Waals surface area contributed by atoms with Gasteiger partial charge in [0, 0.05) is 23.5 Å². The van der Waals surface area contributed by atoms with Gasteiger partial charge in [-0.25, -0.2) is 0 Å². The molecule has 108 valence electrons. The maximum Gasteiger partial charge on any atom is 0.320 e. The van der Waals surface area contributed by atoms with E-state index in [0.29, 0.717) is 6.42 Å². The lowest BCUT2D eigenvalue weighted by Crippen LogP contribution is -2.32. The molecule has 2 heterocycles. The molecule has 3 rings (SSSR count). The van der Waals surface area contributed by atoms with E-state index in [2.05, 4.69) is 10.3 Å². The molecular weight excluding hydrogens is 254 g/mol. The van der Waals surface area contributed by atoms with Crippen LogP contribution >= 0.6 is 0 Å². The van der Waals surface area contributed by atoms with Gasteiger partial charge in [-0.15, -0.1) is 0 Å². The Labute approximate surface area is 118 Å². The van der Waals surface area contributed by atoms with Gasteiger partial charge in [0.15, 0.2) is 0 Å². The van der Waals surface area contributed by atoms with Crippen LogP contribution in [0.2, 0.25) is 0 Å². The van der Waals surface area contributed by atoms with Gasteiger partial charge in [-0.2, -0.15) is 0 Å². The lowest BCUT2D eigenvalue weighted by molar-refractivity contribution is -0.138. The van der Waals surface area contributed by atoms with Crippen molar-refractivity contribution in [3.8, 4) is 0 Å². The minimum atomic E-state index is -0.972. The Morgan fingerprint density at radius 1 is 1.30 bits per heavy atom. The number of aliphatic carboxylic acids is 1. The van der Waals surface area contributed by atoms with Crippen LogP contribution in [-0.4, -0.2) is 35.2 Å². The monoisotopic (exact) mass is 275 g/mol. The number of aromatic nitrogens is 1. The molecule has 0 aliphatic carbocycles. The third kappa shape index (κ3) is 3.82. The molecule has 5 heteroatoms. The zero-order valence-corrected chi connectivity index (χ0v) is 11.4. The van der Waals surface area contributed by atoms with Crippen molar-refractivity contribution < 1.29 is 9.90 Å². The van der Waals surface area contributed by atoms with Gasteiger partial charge in [0.1, 0.15) is 6.04 Å². The first-order chi connectivity index (χ1) is 9.68. The first-order valence-corrected chi connectivity index (χ1v) is 6.92. The van der Waals surface area contributed by atoms with Crippen LogP contribution in [0.3, 0.4) is 0 Å². The number of rotatable bonds is 3. The second kappa shape index (κ2) is 7.07. The van der Waals surface area contributed by atoms with E-state index in [1.54, 1.807) is 0 Å². The Bertz CT molecular complexity index is 553. The molecule has 0 spiro atoms. The molecule has 0 radical (unpaired) electrons. The largest absolute Gasteiger partial charge is 0.480 e. The lowest BCUT2D eigenvalue weighted by Gasteiger charge is -2.04. The number of benzene rings is 1. The molecular formula is C15H21N3O2. The average molecular weight is 275 g/mol. The summed E-state index contributed by atoms with van der Waals surface area (Å²) in [5, 5.41) is 13.0. The van der Waals surface area contributed by atoms with Crippen molar-refractivity contribution in [3.05, 3.63) is 36.0 Å². The van der Waals surface area contributed by atoms with Crippen LogP contribution in [0.1, 0.15) is 18.4 Å². The van der Waals surface area contributed by atoms with E-state index in [9.17, 15) is 4.79 Å². The smallest absolute Gasteiger partial charge is 0.320 e. The lowest BCUT2D eigenvalue weighted by atomic mass is 10.1. The highest BCUT2D eigenvalue weighted by molar-refractivity contribution is 5.84. The Kier molecular flexibility index (Phi) is 5.15. The molecule has 1 aliphatic rings. The van der Waals surface area contributed by atoms with Gasteiger partial charge >= 0.3 is 5.97 Å². The molecule has 0 unspecified atom stereocenters. The number of hydrogen-bond acceptors (Lipinski definition) is 3. The van der Waals surface area contributed by atoms with Gasteiger partial charge in [-0.3, -0.25) is 4.79 Å². The fourth-order valence-electron chi connectivity index (χ4n) is 2.25. The van der Waals surface area contributed by atoms with Crippen LogP contribution in [0.5, 0.6) is 0 Å². The number of hydrogen-bond donors (Lipinski definition) is 4. The number of carbonyl (C=O) groups is 1. The first-order valence-electron chi connectivity index (χ1n) is 6.92. The van der Waals surface area contributed by atoms with Crippen LogP contribution < -0.4 is 11.1 Å². The molecule has 0 saturated carbocycles. The Hall–Kier alpha value is -1.85. The van der Waals surface area contributed by atoms with Crippen molar-refractivity contribution in [1.82, 2.24) is 10.3 Å². The fraction of sp³-hybridized carbons (Fsp3) is 0.400. The molecule has 0 amide bonds. The molecule has 0 bridgehead atoms. The number of fused-ring (bicyclic) bond motifs is 1. The highest BCUT2D eigenvalue weighted by atomic mass is 16.4. The van der Waals surface area contributed by atoms with Crippen molar-refractivity contribution in [2.75, 3.05) is 13.1 Å². The van der Waals surface area contributed by atoms with Gasteiger partial charge in [-0.1, -0.05) is 18.2 Å². The van der Waals surface area contributed by atoms with E-state index in [4.69, 9.17) is 10.8 Å². The second-order valence-electron chi connectivity index (χ2n) is 4.97. The van der Waals surface area contributed by atoms with Crippen LogP contribution in [0, 0.1) is 0 Å². The first kappa shape index (κ1) is 14.6. The van der Waals surface area contributed by atoms with Crippen LogP contribution in [-0.2, 0) is 11.2 Å². The van der Waals surface area contributed by atoms with Gasteiger partial charge in [0.25, 0.3) is 0 Å². The van der Waals surface area contributed by atoms with Gasteiger partial charge in [-0.05, 0) is 37.6 Å². The van der Waals surface area contributed by atoms with E-state index in [1.807, 2.05) is 30.5 Å². The summed E-state index contributed by atoms with van der Waals surface area (Å²) in [4.78, 5) is 13.7. The number of para-hydroxylation sites is 1. The van der Waals surface area contributed by atoms with E-state index in [-0.39, 0.29) is 0 Å². The van der Waals surface area contributed by atoms with E-state index >= 15 is 0 Å². The number of nitrogens with one attached hydrogen (secondary N) is 2. The van der Waals surface area contributed by atoms with E-state index in [0.717, 1.165) is 16.5 Å². The van der Waals surface area contributed by atoms with Crippen molar-refractivity contribution in [2.45, 2.75) is 25.3 Å². The Balaban J connectivity index is 0.000000247. The minimum absolute atomic E-state index is 0.347. The predicted octanol–water partition coefficient (Wildman–Crippen LogP) is 1.49. The average Bonchev–Trinajstić information content (AvgIpc) is 3.12. The van der Waals surface area contributed by atoms with E-state index in [1.165, 1.54) is 25.9 Å². The standard InChI is InChI=1S/C11H12N2O2.C4H9N/c12-9(11(14)15)5-7-6-13-10-4-2-1-3-8(7)10;1-2-4-5-3-1/h1-4,6,9,13H,5,12H2,(H,14,15);5H,1-4H2/t9-;/m0./s1. The zero-order chi connectivity index (χ0) is 14.4. The number of carboxylic acids is 1. The fourth-order valence-corrected chi connectivity index (χ4v) is 2.25. The molecule has 2 aromatic rings. The van der Waals surface area contributed by atoms with Crippen molar-refractivity contribution in [3.63, 3.8) is 0 Å². The third-order valence-electron chi connectivity index (χ3n) is 3.39. The summed E-state index contributed by atoms with van der Waals surface area (Å²) in [5.41, 5.74) is 7.43. The van der Waals surface area contributed by atoms with Gasteiger partial charge < -0.3 is 21.1 Å². The van der Waals surface area contributed by atoms with Gasteiger partial charge in [0.05, 0.1) is 0 Å². The normalized spacial score (nSPS) is 15.7. The number of aromatic amines is 1. The summed E-state index contributed by atoms with van der Waals surface area (Å²) in [5.74, 6) is -0.972. The number of H-pyrrole nitrogens is 1. The Morgan fingerprint density at radius 3 is 2.60 bits per heavy atom. The molecule has 5 nitrogen and oxygen atoms in total. The summed E-state index contributed by atoms with van der Waals surface area (Å²) in [7, 11) is 0. The summed E-state index contributed by atoms with van der Waals surface area (Å²) in [6.07, 6.45) is 4.94. The maximum atomic E-state index is 10.6. The third-order valence-corrected chi connectivity index (χ3v) is 3.39. The molecule has 1 aromatic heterocycles. The summed E-state index contributed by atoms with van der Waals surface area (Å²) < 4.78 is 0. The van der Waals surface area contributed by atoms with Crippen LogP contribution in [0.15, 0.2) is 30.5 Å². The highest BCUT2D eigenvalue weighted by Gasteiger charge is 2.14. The van der Waals surface area contributed by atoms with Gasteiger partial charge in [0.2, 0.25) is 0 Å². The van der Waals surface area contributed by atoms with Crippen LogP contribution in [0.25, 0.3) is 10.9 Å². The molecule has 1 saturated heterocycles. The maximum absolute atomic E-state index is 10.6. The minimum Gasteiger partial charge on any atom is -0.480 e. The van der Waals surface area contributed by atoms with Crippen molar-refractivity contribution in [2.24, 2.45) is 5.73 Å². The SMILES string of the molecule is C1CCNC1.N[C@@H](Cc1c[nH]c2ccccc12)C(=O)O. The second-order valence-corrected chi connectivity index (χ2v) is 4.97. The van der Waals surface area contributed by atoms with Crippen molar-refractivity contribution in [1.29, 1.82) is 0 Å². The zero-order valence-electron chi connectivity index (χ0n) is 11.4. The number of carboxylic acid groups (broad SMARTS) is 1. The molecule has 1 aliphatic heterocycles. The molecule has 1 atom stereocenters. The predicted molar refractivity (Wildman–Crippen MR) is 79.7 cm³/mol. The molecule has 5 N–H and O–H groups in total. The van der Waals surface area contributed by atoms with E-state index < -0.39 is 12.0 Å². The molecule has 20 heavy (non-hydrogen) atoms. The quantitative estimate of drug-likeness (QED) is 0.683.